The minimum atomic E-state index is -0.356. The molecule has 1 aromatic carbocycles. The van der Waals surface area contributed by atoms with Crippen molar-refractivity contribution in [1.29, 1.82) is 0 Å². The molecular formula is C23H25FN6O2. The van der Waals surface area contributed by atoms with E-state index in [0.29, 0.717) is 26.1 Å². The summed E-state index contributed by atoms with van der Waals surface area (Å²) in [6.07, 6.45) is 4.98. The highest BCUT2D eigenvalue weighted by Gasteiger charge is 2.31. The number of anilines is 1. The molecular weight excluding hydrogens is 411 g/mol. The van der Waals surface area contributed by atoms with Gasteiger partial charge in [-0.15, -0.1) is 0 Å². The number of para-hydroxylation sites is 1. The first-order valence-electron chi connectivity index (χ1n) is 10.8. The van der Waals surface area contributed by atoms with Crippen LogP contribution in [0.15, 0.2) is 36.7 Å². The monoisotopic (exact) mass is 436 g/mol. The number of hydrogen-bond acceptors (Lipinski definition) is 6. The lowest BCUT2D eigenvalue weighted by Crippen LogP contribution is -2.36. The Morgan fingerprint density at radius 3 is 2.78 bits per heavy atom. The van der Waals surface area contributed by atoms with Gasteiger partial charge >= 0.3 is 0 Å². The van der Waals surface area contributed by atoms with E-state index < -0.39 is 0 Å². The quantitative estimate of drug-likeness (QED) is 0.626. The van der Waals surface area contributed by atoms with Gasteiger partial charge in [0, 0.05) is 51.7 Å². The van der Waals surface area contributed by atoms with Crippen LogP contribution in [0.1, 0.15) is 24.7 Å². The summed E-state index contributed by atoms with van der Waals surface area (Å²) in [5.41, 5.74) is 3.36. The fraction of sp³-hybridized carbons (Fsp3) is 0.391. The van der Waals surface area contributed by atoms with E-state index in [2.05, 4.69) is 10.00 Å². The second-order valence-electron chi connectivity index (χ2n) is 8.29. The fourth-order valence-electron chi connectivity index (χ4n) is 4.29. The van der Waals surface area contributed by atoms with E-state index in [1.165, 1.54) is 6.07 Å². The Hall–Kier alpha value is -3.49. The molecule has 0 aliphatic carbocycles. The standard InChI is InChI=1S/C23H25FN6O2/c1-15(31)29-10-8-19-20(14-29)26-22(16-11-25-28(2)12-16)23(27-19)30-9-7-17(13-30)32-21-6-4-3-5-18(21)24/h3-6,11-12,17H,7-10,13-14H2,1-2H3. The summed E-state index contributed by atoms with van der Waals surface area (Å²) in [6, 6.07) is 6.48. The molecule has 0 spiro atoms. The van der Waals surface area contributed by atoms with E-state index in [4.69, 9.17) is 14.7 Å². The average molecular weight is 436 g/mol. The van der Waals surface area contributed by atoms with Gasteiger partial charge in [0.1, 0.15) is 11.8 Å². The van der Waals surface area contributed by atoms with E-state index in [1.54, 1.807) is 40.9 Å². The predicted octanol–water partition coefficient (Wildman–Crippen LogP) is 2.58. The van der Waals surface area contributed by atoms with Gasteiger partial charge in [-0.25, -0.2) is 14.4 Å². The van der Waals surface area contributed by atoms with Crippen LogP contribution in [-0.2, 0) is 24.8 Å². The Balaban J connectivity index is 1.45. The summed E-state index contributed by atoms with van der Waals surface area (Å²) < 4.78 is 21.7. The van der Waals surface area contributed by atoms with Gasteiger partial charge in [0.05, 0.1) is 30.7 Å². The van der Waals surface area contributed by atoms with Crippen molar-refractivity contribution in [2.45, 2.75) is 32.4 Å². The molecule has 5 rings (SSSR count). The molecule has 1 amide bonds. The lowest BCUT2D eigenvalue weighted by atomic mass is 10.1. The normalized spacial score (nSPS) is 18.0. The van der Waals surface area contributed by atoms with Crippen LogP contribution in [-0.4, -0.2) is 56.3 Å². The SMILES string of the molecule is CC(=O)N1CCc2nc(N3CCC(Oc4ccccc4F)C3)c(-c3cnn(C)c3)nc2C1. The van der Waals surface area contributed by atoms with Crippen LogP contribution >= 0.6 is 0 Å². The zero-order chi connectivity index (χ0) is 22.2. The minimum absolute atomic E-state index is 0.0390. The first-order valence-corrected chi connectivity index (χ1v) is 10.8. The van der Waals surface area contributed by atoms with Crippen LogP contribution in [0, 0.1) is 5.82 Å². The van der Waals surface area contributed by atoms with Gasteiger partial charge in [0.2, 0.25) is 5.91 Å². The Bertz CT molecular complexity index is 1160. The Kier molecular flexibility index (Phi) is 5.24. The van der Waals surface area contributed by atoms with Gasteiger partial charge in [-0.05, 0) is 12.1 Å². The summed E-state index contributed by atoms with van der Waals surface area (Å²) in [7, 11) is 1.86. The maximum absolute atomic E-state index is 14.0. The summed E-state index contributed by atoms with van der Waals surface area (Å²) in [5, 5.41) is 4.30. The second-order valence-corrected chi connectivity index (χ2v) is 8.29. The van der Waals surface area contributed by atoms with Gasteiger partial charge in [-0.3, -0.25) is 9.48 Å². The number of amides is 1. The maximum atomic E-state index is 14.0. The topological polar surface area (TPSA) is 76.4 Å². The molecule has 32 heavy (non-hydrogen) atoms. The molecule has 1 atom stereocenters. The summed E-state index contributed by atoms with van der Waals surface area (Å²) in [4.78, 5) is 25.7. The van der Waals surface area contributed by atoms with E-state index in [9.17, 15) is 9.18 Å². The molecule has 4 heterocycles. The van der Waals surface area contributed by atoms with Crippen molar-refractivity contribution in [1.82, 2.24) is 24.6 Å². The zero-order valence-corrected chi connectivity index (χ0v) is 18.2. The Labute approximate surface area is 185 Å². The van der Waals surface area contributed by atoms with Crippen LogP contribution in [0.3, 0.4) is 0 Å². The largest absolute Gasteiger partial charge is 0.485 e. The van der Waals surface area contributed by atoms with Crippen molar-refractivity contribution in [2.24, 2.45) is 7.05 Å². The highest BCUT2D eigenvalue weighted by Crippen LogP contribution is 2.33. The second kappa shape index (κ2) is 8.22. The van der Waals surface area contributed by atoms with Gasteiger partial charge in [0.25, 0.3) is 0 Å². The summed E-state index contributed by atoms with van der Waals surface area (Å²) >= 11 is 0. The first-order chi connectivity index (χ1) is 15.5. The smallest absolute Gasteiger partial charge is 0.219 e. The van der Waals surface area contributed by atoms with Crippen molar-refractivity contribution in [3.63, 3.8) is 0 Å². The third-order valence-corrected chi connectivity index (χ3v) is 5.99. The molecule has 0 N–H and O–H groups in total. The van der Waals surface area contributed by atoms with E-state index in [1.807, 2.05) is 13.2 Å². The van der Waals surface area contributed by atoms with Crippen LogP contribution in [0.2, 0.25) is 0 Å². The number of carbonyl (C=O) groups excluding carboxylic acids is 1. The molecule has 3 aromatic rings. The molecule has 2 aliphatic heterocycles. The van der Waals surface area contributed by atoms with Crippen LogP contribution in [0.25, 0.3) is 11.3 Å². The van der Waals surface area contributed by atoms with Gasteiger partial charge in [0.15, 0.2) is 17.4 Å². The number of ether oxygens (including phenoxy) is 1. The van der Waals surface area contributed by atoms with Gasteiger partial charge < -0.3 is 14.5 Å². The predicted molar refractivity (Wildman–Crippen MR) is 117 cm³/mol. The van der Waals surface area contributed by atoms with Crippen LogP contribution in [0.4, 0.5) is 10.2 Å². The third kappa shape index (κ3) is 3.90. The molecule has 1 unspecified atom stereocenters. The number of rotatable bonds is 4. The number of aryl methyl sites for hydroxylation is 1. The molecule has 0 saturated carbocycles. The molecule has 0 bridgehead atoms. The van der Waals surface area contributed by atoms with Crippen LogP contribution in [0.5, 0.6) is 5.75 Å². The zero-order valence-electron chi connectivity index (χ0n) is 18.2. The maximum Gasteiger partial charge on any atom is 0.219 e. The number of fused-ring (bicyclic) bond motifs is 1. The lowest BCUT2D eigenvalue weighted by molar-refractivity contribution is -0.129. The van der Waals surface area contributed by atoms with E-state index in [0.717, 1.165) is 41.4 Å². The minimum Gasteiger partial charge on any atom is -0.485 e. The van der Waals surface area contributed by atoms with E-state index >= 15 is 0 Å². The number of halogens is 1. The Morgan fingerprint density at radius 2 is 2.03 bits per heavy atom. The molecule has 2 aliphatic rings. The van der Waals surface area contributed by atoms with Crippen LogP contribution < -0.4 is 9.64 Å². The van der Waals surface area contributed by atoms with Gasteiger partial charge in [-0.2, -0.15) is 5.10 Å². The molecule has 9 heteroatoms. The van der Waals surface area contributed by atoms with Crippen molar-refractivity contribution >= 4 is 11.7 Å². The third-order valence-electron chi connectivity index (χ3n) is 5.99. The average Bonchev–Trinajstić information content (AvgIpc) is 3.43. The number of carbonyl (C=O) groups is 1. The first kappa shape index (κ1) is 20.4. The molecule has 8 nitrogen and oxygen atoms in total. The molecule has 2 aromatic heterocycles. The highest BCUT2D eigenvalue weighted by molar-refractivity contribution is 5.74. The molecule has 1 fully saturated rings. The Morgan fingerprint density at radius 1 is 1.19 bits per heavy atom. The number of aromatic nitrogens is 4. The number of benzene rings is 1. The highest BCUT2D eigenvalue weighted by atomic mass is 19.1. The van der Waals surface area contributed by atoms with Gasteiger partial charge in [-0.1, -0.05) is 12.1 Å². The molecule has 0 radical (unpaired) electrons. The van der Waals surface area contributed by atoms with Crippen molar-refractivity contribution in [3.8, 4) is 17.0 Å². The van der Waals surface area contributed by atoms with Crippen molar-refractivity contribution in [2.75, 3.05) is 24.5 Å². The number of hydrogen-bond donors (Lipinski definition) is 0. The van der Waals surface area contributed by atoms with E-state index in [-0.39, 0.29) is 23.6 Å². The van der Waals surface area contributed by atoms with Crippen molar-refractivity contribution in [3.05, 3.63) is 53.9 Å². The fourth-order valence-corrected chi connectivity index (χ4v) is 4.29. The lowest BCUT2D eigenvalue weighted by Gasteiger charge is -2.29. The summed E-state index contributed by atoms with van der Waals surface area (Å²) in [6.45, 7) is 4.01. The molecule has 1 saturated heterocycles. The number of nitrogens with zero attached hydrogens (tertiary/aromatic N) is 6. The summed E-state index contributed by atoms with van der Waals surface area (Å²) in [5.74, 6) is 0.739. The van der Waals surface area contributed by atoms with Crippen molar-refractivity contribution < 1.29 is 13.9 Å². The molecule has 166 valence electrons.